The van der Waals surface area contributed by atoms with Crippen LogP contribution in [0.2, 0.25) is 0 Å². The van der Waals surface area contributed by atoms with Crippen molar-refractivity contribution in [2.24, 2.45) is 0 Å². The van der Waals surface area contributed by atoms with Gasteiger partial charge in [-0.05, 0) is 38.3 Å². The molecule has 2 aromatic rings. The molecular formula is C21H26N2O3. The van der Waals surface area contributed by atoms with Crippen LogP contribution in [0.4, 0.5) is 0 Å². The average molecular weight is 354 g/mol. The van der Waals surface area contributed by atoms with Gasteiger partial charge in [0.1, 0.15) is 5.76 Å². The van der Waals surface area contributed by atoms with Crippen molar-refractivity contribution in [1.82, 2.24) is 9.88 Å². The second-order valence-corrected chi connectivity index (χ2v) is 7.36. The van der Waals surface area contributed by atoms with Crippen LogP contribution in [0, 0.1) is 13.8 Å². The Morgan fingerprint density at radius 3 is 2.88 bits per heavy atom. The number of morpholine rings is 1. The number of fused-ring (bicyclic) bond motifs is 1. The second kappa shape index (κ2) is 7.23. The topological polar surface area (TPSA) is 55.6 Å². The van der Waals surface area contributed by atoms with Gasteiger partial charge in [0.05, 0.1) is 30.9 Å². The quantitative estimate of drug-likeness (QED) is 0.844. The molecule has 1 aliphatic carbocycles. The third-order valence-electron chi connectivity index (χ3n) is 5.64. The van der Waals surface area contributed by atoms with E-state index in [2.05, 4.69) is 4.98 Å². The number of carbonyl (C=O) groups is 1. The van der Waals surface area contributed by atoms with E-state index in [1.165, 1.54) is 12.8 Å². The molecule has 1 amide bonds. The molecule has 1 saturated heterocycles. The van der Waals surface area contributed by atoms with Gasteiger partial charge in [0.25, 0.3) is 0 Å². The first-order chi connectivity index (χ1) is 12.6. The normalized spacial score (nSPS) is 22.9. The van der Waals surface area contributed by atoms with Crippen molar-refractivity contribution in [3.63, 3.8) is 0 Å². The molecule has 1 aromatic carbocycles. The van der Waals surface area contributed by atoms with Gasteiger partial charge in [-0.1, -0.05) is 31.0 Å². The highest BCUT2D eigenvalue weighted by atomic mass is 16.5. The molecule has 138 valence electrons. The summed E-state index contributed by atoms with van der Waals surface area (Å²) in [6.07, 6.45) is 4.99. The molecule has 4 rings (SSSR count). The number of ether oxygens (including phenoxy) is 1. The maximum atomic E-state index is 13.0. The van der Waals surface area contributed by atoms with Crippen LogP contribution in [0.15, 0.2) is 28.7 Å². The molecule has 5 nitrogen and oxygen atoms in total. The van der Waals surface area contributed by atoms with E-state index in [1.54, 1.807) is 0 Å². The van der Waals surface area contributed by atoms with E-state index >= 15 is 0 Å². The minimum absolute atomic E-state index is 0.137. The number of hydrogen-bond acceptors (Lipinski definition) is 4. The highest BCUT2D eigenvalue weighted by Crippen LogP contribution is 2.30. The number of aromatic nitrogens is 1. The Labute approximate surface area is 154 Å². The number of amides is 1. The zero-order valence-electron chi connectivity index (χ0n) is 15.5. The predicted molar refractivity (Wildman–Crippen MR) is 98.8 cm³/mol. The number of rotatable bonds is 3. The fourth-order valence-corrected chi connectivity index (χ4v) is 4.17. The van der Waals surface area contributed by atoms with E-state index in [-0.39, 0.29) is 18.1 Å². The summed E-state index contributed by atoms with van der Waals surface area (Å²) in [5, 5.41) is 0. The molecule has 0 radical (unpaired) electrons. The van der Waals surface area contributed by atoms with E-state index in [4.69, 9.17) is 9.15 Å². The van der Waals surface area contributed by atoms with E-state index in [9.17, 15) is 4.79 Å². The molecule has 2 fully saturated rings. The minimum Gasteiger partial charge on any atom is -0.441 e. The summed E-state index contributed by atoms with van der Waals surface area (Å²) in [5.74, 6) is 1.46. The fourth-order valence-electron chi connectivity index (χ4n) is 4.17. The van der Waals surface area contributed by atoms with Crippen molar-refractivity contribution in [1.29, 1.82) is 0 Å². The fraction of sp³-hybridized carbons (Fsp3) is 0.524. The Morgan fingerprint density at radius 1 is 1.23 bits per heavy atom. The maximum absolute atomic E-state index is 13.0. The van der Waals surface area contributed by atoms with Gasteiger partial charge in [0.15, 0.2) is 0 Å². The minimum atomic E-state index is 0.137. The lowest BCUT2D eigenvalue weighted by Gasteiger charge is -2.43. The number of benzene rings is 1. The second-order valence-electron chi connectivity index (χ2n) is 7.36. The monoisotopic (exact) mass is 354 g/mol. The molecule has 5 heteroatoms. The molecular weight excluding hydrogens is 328 g/mol. The largest absolute Gasteiger partial charge is 0.441 e. The van der Waals surface area contributed by atoms with Crippen LogP contribution in [0.1, 0.15) is 42.7 Å². The summed E-state index contributed by atoms with van der Waals surface area (Å²) in [5.41, 5.74) is 2.84. The number of aryl methyl sites for hydroxylation is 2. The zero-order chi connectivity index (χ0) is 18.1. The van der Waals surface area contributed by atoms with E-state index < -0.39 is 0 Å². The van der Waals surface area contributed by atoms with Crippen LogP contribution in [0.25, 0.3) is 11.5 Å². The van der Waals surface area contributed by atoms with Gasteiger partial charge < -0.3 is 14.1 Å². The van der Waals surface area contributed by atoms with Gasteiger partial charge in [-0.15, -0.1) is 0 Å². The van der Waals surface area contributed by atoms with Crippen molar-refractivity contribution in [2.75, 3.05) is 13.2 Å². The Hall–Kier alpha value is -2.14. The molecule has 1 aliphatic heterocycles. The van der Waals surface area contributed by atoms with Crippen molar-refractivity contribution in [3.05, 3.63) is 41.3 Å². The Morgan fingerprint density at radius 2 is 2.04 bits per heavy atom. The van der Waals surface area contributed by atoms with Crippen molar-refractivity contribution in [2.45, 2.75) is 58.1 Å². The molecule has 1 saturated carbocycles. The molecule has 0 N–H and O–H groups in total. The summed E-state index contributed by atoms with van der Waals surface area (Å²) in [6, 6.07) is 8.24. The number of carbonyl (C=O) groups excluding carboxylic acids is 1. The lowest BCUT2D eigenvalue weighted by Crippen LogP contribution is -2.55. The van der Waals surface area contributed by atoms with Crippen LogP contribution in [-0.2, 0) is 16.0 Å². The molecule has 1 aromatic heterocycles. The van der Waals surface area contributed by atoms with Gasteiger partial charge in [-0.25, -0.2) is 4.98 Å². The van der Waals surface area contributed by atoms with Gasteiger partial charge in [0.2, 0.25) is 11.8 Å². The van der Waals surface area contributed by atoms with Crippen LogP contribution in [-0.4, -0.2) is 41.1 Å². The molecule has 0 bridgehead atoms. The summed E-state index contributed by atoms with van der Waals surface area (Å²) >= 11 is 0. The first-order valence-corrected chi connectivity index (χ1v) is 9.57. The molecule has 26 heavy (non-hydrogen) atoms. The van der Waals surface area contributed by atoms with Crippen molar-refractivity contribution in [3.8, 4) is 11.5 Å². The first kappa shape index (κ1) is 17.3. The van der Waals surface area contributed by atoms with Crippen LogP contribution in [0.5, 0.6) is 0 Å². The highest BCUT2D eigenvalue weighted by molar-refractivity contribution is 5.79. The number of nitrogens with zero attached hydrogens (tertiary/aromatic N) is 2. The summed E-state index contributed by atoms with van der Waals surface area (Å²) in [4.78, 5) is 19.6. The smallest absolute Gasteiger partial charge is 0.229 e. The van der Waals surface area contributed by atoms with Gasteiger partial charge in [-0.2, -0.15) is 0 Å². The molecule has 2 aliphatic rings. The summed E-state index contributed by atoms with van der Waals surface area (Å²) < 4.78 is 11.8. The van der Waals surface area contributed by atoms with Gasteiger partial charge >= 0.3 is 0 Å². The standard InChI is InChI=1S/C21H26N2O3/c1-14-7-3-4-8-16(14)21-22-17(15(2)26-21)13-20(24)23-11-12-25-19-10-6-5-9-18(19)23/h3-4,7-8,18-19H,5-6,9-13H2,1-2H3. The predicted octanol–water partition coefficient (Wildman–Crippen LogP) is 3.67. The van der Waals surface area contributed by atoms with Crippen LogP contribution in [0.3, 0.4) is 0 Å². The number of hydrogen-bond donors (Lipinski definition) is 0. The molecule has 2 unspecified atom stereocenters. The SMILES string of the molecule is Cc1ccccc1-c1nc(CC(=O)N2CCOC3CCCCC32)c(C)o1. The summed E-state index contributed by atoms with van der Waals surface area (Å²) in [6.45, 7) is 5.25. The lowest BCUT2D eigenvalue weighted by molar-refractivity contribution is -0.148. The molecule has 0 spiro atoms. The van der Waals surface area contributed by atoms with E-state index in [0.717, 1.165) is 35.4 Å². The van der Waals surface area contributed by atoms with Crippen LogP contribution >= 0.6 is 0 Å². The summed E-state index contributed by atoms with van der Waals surface area (Å²) in [7, 11) is 0. The van der Waals surface area contributed by atoms with Crippen LogP contribution < -0.4 is 0 Å². The van der Waals surface area contributed by atoms with Gasteiger partial charge in [0, 0.05) is 12.1 Å². The third kappa shape index (κ3) is 3.28. The van der Waals surface area contributed by atoms with Crippen molar-refractivity contribution >= 4 is 5.91 Å². The first-order valence-electron chi connectivity index (χ1n) is 9.57. The van der Waals surface area contributed by atoms with E-state index in [0.29, 0.717) is 25.5 Å². The van der Waals surface area contributed by atoms with Gasteiger partial charge in [-0.3, -0.25) is 4.79 Å². The Kier molecular flexibility index (Phi) is 4.81. The maximum Gasteiger partial charge on any atom is 0.229 e. The Balaban J connectivity index is 1.52. The molecule has 2 atom stereocenters. The molecule has 2 heterocycles. The van der Waals surface area contributed by atoms with Crippen molar-refractivity contribution < 1.29 is 13.9 Å². The number of oxazole rings is 1. The lowest BCUT2D eigenvalue weighted by atomic mass is 9.90. The highest BCUT2D eigenvalue weighted by Gasteiger charge is 2.36. The zero-order valence-corrected chi connectivity index (χ0v) is 15.5. The Bertz CT molecular complexity index is 796. The third-order valence-corrected chi connectivity index (χ3v) is 5.64. The average Bonchev–Trinajstić information content (AvgIpc) is 3.01. The van der Waals surface area contributed by atoms with E-state index in [1.807, 2.05) is 43.0 Å².